The van der Waals surface area contributed by atoms with Crippen LogP contribution in [0.4, 0.5) is 16.2 Å². The number of amides is 2. The highest BCUT2D eigenvalue weighted by atomic mass is 79.9. The quantitative estimate of drug-likeness (QED) is 0.0560. The number of carbonyl (C=O) groups excluding carboxylic acids is 2. The molecule has 49 heavy (non-hydrogen) atoms. The highest BCUT2D eigenvalue weighted by Gasteiger charge is 2.32. The summed E-state index contributed by atoms with van der Waals surface area (Å²) in [5, 5.41) is 42.3. The number of nitro benzene ring substituents is 2. The van der Waals surface area contributed by atoms with Gasteiger partial charge >= 0.3 is 17.7 Å². The van der Waals surface area contributed by atoms with E-state index in [9.17, 15) is 34.9 Å². The average molecular weight is 744 g/mol. The molecule has 3 aromatic carbocycles. The lowest BCUT2D eigenvalue weighted by atomic mass is 9.95. The third-order valence-electron chi connectivity index (χ3n) is 6.88. The average Bonchev–Trinajstić information content (AvgIpc) is 3.06. The van der Waals surface area contributed by atoms with Gasteiger partial charge in [0, 0.05) is 29.5 Å². The van der Waals surface area contributed by atoms with E-state index in [1.54, 1.807) is 32.0 Å². The van der Waals surface area contributed by atoms with Crippen molar-refractivity contribution in [3.05, 3.63) is 107 Å². The number of nitro groups is 2. The molecule has 18 heteroatoms. The molecule has 4 rings (SSSR count). The molecule has 0 unspecified atom stereocenters. The molecule has 4 N–H and O–H groups in total. The number of hydrogen-bond acceptors (Lipinski definition) is 13. The van der Waals surface area contributed by atoms with Crippen LogP contribution in [0.2, 0.25) is 0 Å². The molecule has 1 aliphatic rings. The molecular weight excluding hydrogens is 712 g/mol. The molecular formula is C31H31BrN6O11. The Bertz CT molecular complexity index is 1800. The molecule has 1 heterocycles. The standard InChI is InChI=1S/C31H31BrN6O11/c1-4-47-25-13-20(28-27(30(40)46-3)17(2)34-31(41)35-28)7-10-24(25)48-16-26(39)36-33-14-19-11-22(32)29(23(12-19)38(44)45)49-15-18-5-8-21(9-6-18)37(42)43/h5-14,26,28,36,39H,4,15-16H2,1-3H3,(H2,34,35,41)/b33-14+/t26-,28-/m1/s1. The van der Waals surface area contributed by atoms with Crippen LogP contribution in [-0.2, 0) is 16.1 Å². The third kappa shape index (κ3) is 9.20. The Morgan fingerprint density at radius 2 is 1.82 bits per heavy atom. The van der Waals surface area contributed by atoms with E-state index >= 15 is 0 Å². The summed E-state index contributed by atoms with van der Waals surface area (Å²) in [6.07, 6.45) is -0.0585. The van der Waals surface area contributed by atoms with E-state index in [0.29, 0.717) is 28.1 Å². The number of aliphatic hydroxyl groups is 1. The number of allylic oxidation sites excluding steroid dienone is 1. The molecule has 0 aromatic heterocycles. The third-order valence-corrected chi connectivity index (χ3v) is 7.47. The predicted octanol–water partition coefficient (Wildman–Crippen LogP) is 4.37. The van der Waals surface area contributed by atoms with Gasteiger partial charge in [-0.15, -0.1) is 0 Å². The summed E-state index contributed by atoms with van der Waals surface area (Å²) >= 11 is 3.28. The number of urea groups is 1. The molecule has 2 amide bonds. The molecule has 17 nitrogen and oxygen atoms in total. The van der Waals surface area contributed by atoms with Gasteiger partial charge in [0.05, 0.1) is 45.9 Å². The number of rotatable bonds is 15. The number of methoxy groups -OCH3 is 1. The van der Waals surface area contributed by atoms with Crippen LogP contribution < -0.4 is 30.3 Å². The number of carbonyl (C=O) groups is 2. The van der Waals surface area contributed by atoms with Crippen molar-refractivity contribution < 1.29 is 43.5 Å². The minimum atomic E-state index is -1.31. The van der Waals surface area contributed by atoms with Gasteiger partial charge in [0.25, 0.3) is 5.69 Å². The van der Waals surface area contributed by atoms with Crippen LogP contribution in [0.3, 0.4) is 0 Å². The highest BCUT2D eigenvalue weighted by molar-refractivity contribution is 9.10. The summed E-state index contributed by atoms with van der Waals surface area (Å²) in [5.41, 5.74) is 3.98. The summed E-state index contributed by atoms with van der Waals surface area (Å²) in [4.78, 5) is 46.1. The molecule has 3 aromatic rings. The number of non-ortho nitro benzene ring substituents is 1. The maximum absolute atomic E-state index is 12.5. The van der Waals surface area contributed by atoms with Crippen molar-refractivity contribution in [3.63, 3.8) is 0 Å². The lowest BCUT2D eigenvalue weighted by molar-refractivity contribution is -0.386. The topological polar surface area (TPSA) is 226 Å². The minimum absolute atomic E-state index is 0.0479. The van der Waals surface area contributed by atoms with E-state index in [1.165, 1.54) is 49.7 Å². The van der Waals surface area contributed by atoms with Crippen molar-refractivity contribution in [2.24, 2.45) is 5.10 Å². The van der Waals surface area contributed by atoms with Crippen molar-refractivity contribution in [3.8, 4) is 17.2 Å². The maximum atomic E-state index is 12.5. The van der Waals surface area contributed by atoms with E-state index in [1.807, 2.05) is 0 Å². The van der Waals surface area contributed by atoms with Crippen LogP contribution in [0.1, 0.15) is 36.6 Å². The summed E-state index contributed by atoms with van der Waals surface area (Å²) in [7, 11) is 1.24. The summed E-state index contributed by atoms with van der Waals surface area (Å²) in [5.74, 6) is -0.111. The van der Waals surface area contributed by atoms with Crippen LogP contribution in [0.25, 0.3) is 0 Å². The molecule has 0 fully saturated rings. The number of ether oxygens (including phenoxy) is 4. The van der Waals surface area contributed by atoms with Gasteiger partial charge in [0.2, 0.25) is 5.75 Å². The fourth-order valence-corrected chi connectivity index (χ4v) is 5.22. The second-order valence-corrected chi connectivity index (χ2v) is 11.1. The van der Waals surface area contributed by atoms with Gasteiger partial charge in [0.15, 0.2) is 17.7 Å². The number of hydrazone groups is 1. The van der Waals surface area contributed by atoms with Gasteiger partial charge in [-0.05, 0) is 71.2 Å². The second-order valence-electron chi connectivity index (χ2n) is 10.2. The molecule has 258 valence electrons. The predicted molar refractivity (Wildman–Crippen MR) is 177 cm³/mol. The smallest absolute Gasteiger partial charge is 0.337 e. The van der Waals surface area contributed by atoms with Crippen molar-refractivity contribution in [1.82, 2.24) is 16.1 Å². The number of aliphatic hydroxyl groups excluding tert-OH is 1. The molecule has 0 spiro atoms. The number of nitrogens with one attached hydrogen (secondary N) is 3. The second kappa shape index (κ2) is 16.4. The van der Waals surface area contributed by atoms with E-state index < -0.39 is 34.1 Å². The Morgan fingerprint density at radius 3 is 2.47 bits per heavy atom. The maximum Gasteiger partial charge on any atom is 0.337 e. The van der Waals surface area contributed by atoms with Crippen molar-refractivity contribution in [1.29, 1.82) is 0 Å². The largest absolute Gasteiger partial charge is 0.490 e. The Kier molecular flexibility index (Phi) is 12.1. The van der Waals surface area contributed by atoms with Crippen LogP contribution >= 0.6 is 15.9 Å². The van der Waals surface area contributed by atoms with Gasteiger partial charge in [-0.2, -0.15) is 5.10 Å². The first-order valence-corrected chi connectivity index (χ1v) is 15.3. The van der Waals surface area contributed by atoms with Crippen LogP contribution in [0, 0.1) is 20.2 Å². The summed E-state index contributed by atoms with van der Waals surface area (Å²) in [6.45, 7) is 3.26. The Hall–Kier alpha value is -5.75. The van der Waals surface area contributed by atoms with Gasteiger partial charge < -0.3 is 34.7 Å². The Labute approximate surface area is 287 Å². The zero-order valence-corrected chi connectivity index (χ0v) is 27.9. The van der Waals surface area contributed by atoms with Crippen molar-refractivity contribution in [2.45, 2.75) is 32.7 Å². The molecule has 0 aliphatic carbocycles. The molecule has 0 radical (unpaired) electrons. The van der Waals surface area contributed by atoms with Gasteiger partial charge in [-0.1, -0.05) is 6.07 Å². The Balaban J connectivity index is 1.40. The first-order valence-electron chi connectivity index (χ1n) is 14.5. The van der Waals surface area contributed by atoms with Crippen molar-refractivity contribution in [2.75, 3.05) is 20.3 Å². The molecule has 1 aliphatic heterocycles. The zero-order valence-electron chi connectivity index (χ0n) is 26.3. The van der Waals surface area contributed by atoms with E-state index in [4.69, 9.17) is 18.9 Å². The number of esters is 1. The lowest BCUT2D eigenvalue weighted by Crippen LogP contribution is -2.45. The van der Waals surface area contributed by atoms with Crippen LogP contribution in [0.5, 0.6) is 17.2 Å². The number of hydrogen-bond donors (Lipinski definition) is 4. The van der Waals surface area contributed by atoms with E-state index in [0.717, 1.165) is 0 Å². The molecule has 0 bridgehead atoms. The number of nitrogens with zero attached hydrogens (tertiary/aromatic N) is 3. The van der Waals surface area contributed by atoms with E-state index in [-0.39, 0.29) is 52.7 Å². The van der Waals surface area contributed by atoms with E-state index in [2.05, 4.69) is 37.1 Å². The van der Waals surface area contributed by atoms with Crippen LogP contribution in [0.15, 0.2) is 75.4 Å². The monoisotopic (exact) mass is 742 g/mol. The van der Waals surface area contributed by atoms with Gasteiger partial charge in [-0.3, -0.25) is 25.7 Å². The minimum Gasteiger partial charge on any atom is -0.490 e. The Morgan fingerprint density at radius 1 is 1.08 bits per heavy atom. The summed E-state index contributed by atoms with van der Waals surface area (Å²) in [6, 6.07) is 11.8. The van der Waals surface area contributed by atoms with Gasteiger partial charge in [0.1, 0.15) is 13.2 Å². The first-order chi connectivity index (χ1) is 23.4. The molecule has 0 saturated carbocycles. The van der Waals surface area contributed by atoms with Crippen molar-refractivity contribution >= 4 is 45.5 Å². The summed E-state index contributed by atoms with van der Waals surface area (Å²) < 4.78 is 22.3. The fourth-order valence-electron chi connectivity index (χ4n) is 4.64. The van der Waals surface area contributed by atoms with Crippen LogP contribution in [-0.4, -0.2) is 59.7 Å². The number of benzene rings is 3. The number of halogens is 1. The fraction of sp³-hybridized carbons (Fsp3) is 0.258. The lowest BCUT2D eigenvalue weighted by Gasteiger charge is -2.28. The SMILES string of the molecule is CCOc1cc([C@H]2NC(=O)NC(C)=C2C(=O)OC)ccc1OC[C@@H](O)N/N=C/c1cc(Br)c(OCc2ccc([N+](=O)[O-])cc2)c([N+](=O)[O-])c1. The van der Waals surface area contributed by atoms with Gasteiger partial charge in [-0.25, -0.2) is 9.59 Å². The molecule has 2 atom stereocenters. The highest BCUT2D eigenvalue weighted by Crippen LogP contribution is 2.37. The molecule has 0 saturated heterocycles. The normalized spacial score (nSPS) is 14.8. The zero-order chi connectivity index (χ0) is 35.7. The first kappa shape index (κ1) is 36.1.